The van der Waals surface area contributed by atoms with E-state index in [0.29, 0.717) is 44.2 Å². The van der Waals surface area contributed by atoms with Crippen molar-refractivity contribution in [3.8, 4) is 0 Å². The number of fused-ring (bicyclic) bond motifs is 1. The molecule has 0 amide bonds. The Hall–Kier alpha value is -1.27. The zero-order valence-electron chi connectivity index (χ0n) is 16.9. The molecule has 1 aromatic rings. The van der Waals surface area contributed by atoms with Crippen molar-refractivity contribution in [1.29, 1.82) is 0 Å². The Bertz CT molecular complexity index is 702. The molecule has 5 heteroatoms. The molecule has 0 radical (unpaired) electrons. The lowest BCUT2D eigenvalue weighted by Gasteiger charge is -2.56. The first-order valence-electron chi connectivity index (χ1n) is 10.5. The maximum atomic E-state index is 13.1. The molecular weight excluding hydrogens is 357 g/mol. The van der Waals surface area contributed by atoms with Crippen molar-refractivity contribution in [3.63, 3.8) is 0 Å². The summed E-state index contributed by atoms with van der Waals surface area (Å²) in [6, 6.07) is 6.47. The fourth-order valence-corrected chi connectivity index (χ4v) is 5.05. The van der Waals surface area contributed by atoms with E-state index >= 15 is 0 Å². The standard InChI is InChI=1S/C23H32FNO3/c1-23(2)18-6-3-17(21(23)11-18)14-27-15-20(26)12-25-9-10-28-22(13-25)16-4-7-19(24)8-5-16/h3-5,7-8,18,20-22,26H,6,9-15H2,1-2H3. The molecule has 5 rings (SSSR count). The summed E-state index contributed by atoms with van der Waals surface area (Å²) in [4.78, 5) is 2.20. The number of nitrogens with zero attached hydrogens (tertiary/aromatic N) is 1. The van der Waals surface area contributed by atoms with Crippen LogP contribution in [0, 0.1) is 23.1 Å². The molecule has 1 saturated heterocycles. The number of hydrogen-bond donors (Lipinski definition) is 1. The van der Waals surface area contributed by atoms with E-state index in [1.165, 1.54) is 30.5 Å². The molecule has 2 fully saturated rings. The average molecular weight is 390 g/mol. The lowest BCUT2D eigenvalue weighted by Crippen LogP contribution is -2.48. The van der Waals surface area contributed by atoms with E-state index in [4.69, 9.17) is 9.47 Å². The molecule has 4 nitrogen and oxygen atoms in total. The highest BCUT2D eigenvalue weighted by Crippen LogP contribution is 2.59. The second kappa shape index (κ2) is 8.23. The van der Waals surface area contributed by atoms with Crippen molar-refractivity contribution in [2.24, 2.45) is 17.3 Å². The number of benzene rings is 1. The van der Waals surface area contributed by atoms with Crippen LogP contribution in [0.1, 0.15) is 38.4 Å². The van der Waals surface area contributed by atoms with Gasteiger partial charge in [0, 0.05) is 19.6 Å². The van der Waals surface area contributed by atoms with E-state index in [1.807, 2.05) is 0 Å². The van der Waals surface area contributed by atoms with Crippen LogP contribution in [-0.4, -0.2) is 55.6 Å². The molecule has 0 spiro atoms. The minimum absolute atomic E-state index is 0.0799. The van der Waals surface area contributed by atoms with Gasteiger partial charge < -0.3 is 14.6 Å². The van der Waals surface area contributed by atoms with Crippen LogP contribution in [0.2, 0.25) is 0 Å². The smallest absolute Gasteiger partial charge is 0.123 e. The highest BCUT2D eigenvalue weighted by atomic mass is 19.1. The summed E-state index contributed by atoms with van der Waals surface area (Å²) >= 11 is 0. The predicted molar refractivity (Wildman–Crippen MR) is 106 cm³/mol. The van der Waals surface area contributed by atoms with Crippen LogP contribution in [0.15, 0.2) is 35.9 Å². The first-order valence-corrected chi connectivity index (χ1v) is 10.5. The topological polar surface area (TPSA) is 41.9 Å². The monoisotopic (exact) mass is 389 g/mol. The van der Waals surface area contributed by atoms with Gasteiger partial charge in [-0.3, -0.25) is 4.90 Å². The molecule has 1 saturated carbocycles. The van der Waals surface area contributed by atoms with Gasteiger partial charge in [0.25, 0.3) is 0 Å². The lowest BCUT2D eigenvalue weighted by atomic mass is 9.49. The fourth-order valence-electron chi connectivity index (χ4n) is 5.05. The van der Waals surface area contributed by atoms with Crippen LogP contribution in [0.5, 0.6) is 0 Å². The molecule has 1 aliphatic heterocycles. The lowest BCUT2D eigenvalue weighted by molar-refractivity contribution is -0.0545. The van der Waals surface area contributed by atoms with Crippen molar-refractivity contribution >= 4 is 0 Å². The quantitative estimate of drug-likeness (QED) is 0.724. The van der Waals surface area contributed by atoms with Crippen LogP contribution in [0.25, 0.3) is 0 Å². The van der Waals surface area contributed by atoms with Crippen LogP contribution in [0.3, 0.4) is 0 Å². The summed E-state index contributed by atoms with van der Waals surface area (Å²) in [5, 5.41) is 10.4. The van der Waals surface area contributed by atoms with Gasteiger partial charge in [0.2, 0.25) is 0 Å². The zero-order valence-corrected chi connectivity index (χ0v) is 16.9. The SMILES string of the molecule is CC1(C)C2CC=C(COCC(O)CN3CCOC(c4ccc(F)cc4)C3)C1C2. The summed E-state index contributed by atoms with van der Waals surface area (Å²) in [5.41, 5.74) is 2.81. The number of halogens is 1. The molecule has 154 valence electrons. The van der Waals surface area contributed by atoms with E-state index in [-0.39, 0.29) is 11.9 Å². The highest BCUT2D eigenvalue weighted by molar-refractivity contribution is 5.23. The van der Waals surface area contributed by atoms with Gasteiger partial charge in [-0.15, -0.1) is 0 Å². The number of rotatable bonds is 7. The van der Waals surface area contributed by atoms with Crippen LogP contribution in [-0.2, 0) is 9.47 Å². The highest BCUT2D eigenvalue weighted by Gasteiger charge is 2.50. The van der Waals surface area contributed by atoms with Gasteiger partial charge in [-0.1, -0.05) is 32.1 Å². The van der Waals surface area contributed by atoms with Gasteiger partial charge in [0.05, 0.1) is 32.0 Å². The van der Waals surface area contributed by atoms with Crippen molar-refractivity contribution in [3.05, 3.63) is 47.3 Å². The van der Waals surface area contributed by atoms with Crippen molar-refractivity contribution < 1.29 is 19.0 Å². The van der Waals surface area contributed by atoms with Gasteiger partial charge in [-0.05, 0) is 53.4 Å². The molecule has 28 heavy (non-hydrogen) atoms. The Morgan fingerprint density at radius 2 is 2.11 bits per heavy atom. The molecule has 1 aromatic carbocycles. The maximum Gasteiger partial charge on any atom is 0.123 e. The second-order valence-corrected chi connectivity index (χ2v) is 9.16. The van der Waals surface area contributed by atoms with E-state index in [1.54, 1.807) is 12.1 Å². The van der Waals surface area contributed by atoms with Gasteiger partial charge in [0.15, 0.2) is 0 Å². The Kier molecular flexibility index (Phi) is 5.88. The third-order valence-corrected chi connectivity index (χ3v) is 7.02. The number of aliphatic hydroxyl groups excluding tert-OH is 1. The predicted octanol–water partition coefficient (Wildman–Crippen LogP) is 3.57. The van der Waals surface area contributed by atoms with Crippen molar-refractivity contribution in [2.45, 2.75) is 38.9 Å². The second-order valence-electron chi connectivity index (χ2n) is 9.16. The minimum Gasteiger partial charge on any atom is -0.389 e. The van der Waals surface area contributed by atoms with Crippen LogP contribution < -0.4 is 0 Å². The van der Waals surface area contributed by atoms with Gasteiger partial charge >= 0.3 is 0 Å². The molecule has 4 aliphatic rings. The third kappa shape index (κ3) is 4.18. The summed E-state index contributed by atoms with van der Waals surface area (Å²) in [6.45, 7) is 8.39. The molecule has 2 bridgehead atoms. The molecule has 1 heterocycles. The van der Waals surface area contributed by atoms with Gasteiger partial charge in [-0.2, -0.15) is 0 Å². The van der Waals surface area contributed by atoms with E-state index < -0.39 is 6.10 Å². The molecule has 3 aliphatic carbocycles. The number of ether oxygens (including phenoxy) is 2. The Morgan fingerprint density at radius 3 is 2.82 bits per heavy atom. The molecule has 1 N–H and O–H groups in total. The third-order valence-electron chi connectivity index (χ3n) is 7.02. The number of hydrogen-bond acceptors (Lipinski definition) is 4. The fraction of sp³-hybridized carbons (Fsp3) is 0.652. The number of morpholine rings is 1. The van der Waals surface area contributed by atoms with Crippen molar-refractivity contribution in [1.82, 2.24) is 4.90 Å². The first-order chi connectivity index (χ1) is 13.4. The van der Waals surface area contributed by atoms with E-state index in [0.717, 1.165) is 18.0 Å². The minimum atomic E-state index is -0.515. The summed E-state index contributed by atoms with van der Waals surface area (Å²) in [5.74, 6) is 1.25. The summed E-state index contributed by atoms with van der Waals surface area (Å²) in [7, 11) is 0. The first kappa shape index (κ1) is 20.0. The van der Waals surface area contributed by atoms with Crippen molar-refractivity contribution in [2.75, 3.05) is 39.5 Å². The Morgan fingerprint density at radius 1 is 1.32 bits per heavy atom. The summed E-state index contributed by atoms with van der Waals surface area (Å²) < 4.78 is 24.8. The van der Waals surface area contributed by atoms with E-state index in [9.17, 15) is 9.50 Å². The Balaban J connectivity index is 1.21. The van der Waals surface area contributed by atoms with Crippen LogP contribution in [0.4, 0.5) is 4.39 Å². The molecule has 4 atom stereocenters. The zero-order chi connectivity index (χ0) is 19.7. The van der Waals surface area contributed by atoms with Gasteiger partial charge in [-0.25, -0.2) is 4.39 Å². The summed E-state index contributed by atoms with van der Waals surface area (Å²) in [6.07, 6.45) is 4.22. The van der Waals surface area contributed by atoms with Gasteiger partial charge in [0.1, 0.15) is 5.82 Å². The van der Waals surface area contributed by atoms with Crippen LogP contribution >= 0.6 is 0 Å². The number of allylic oxidation sites excluding steroid dienone is 1. The largest absolute Gasteiger partial charge is 0.389 e. The molecule has 4 unspecified atom stereocenters. The molecule has 0 aromatic heterocycles. The number of β-amino-alcohol motifs (C(OH)–C–C–N with tert-alkyl or cyclic N) is 1. The average Bonchev–Trinajstić information content (AvgIpc) is 2.68. The normalized spacial score (nSPS) is 30.4. The van der Waals surface area contributed by atoms with E-state index in [2.05, 4.69) is 24.8 Å². The number of aliphatic hydroxyl groups is 1. The molecular formula is C23H32FNO3. The Labute approximate surface area is 167 Å². The maximum absolute atomic E-state index is 13.1.